The first-order valence-corrected chi connectivity index (χ1v) is 14.2. The van der Waals surface area contributed by atoms with Crippen LogP contribution in [0.4, 0.5) is 0 Å². The fourth-order valence-corrected chi connectivity index (χ4v) is 4.76. The lowest BCUT2D eigenvalue weighted by Gasteiger charge is -2.25. The molecule has 12 heteroatoms. The van der Waals surface area contributed by atoms with E-state index in [1.807, 2.05) is 68.4 Å². The normalized spacial score (nSPS) is 14.0. The molecule has 0 aliphatic heterocycles. The number of H-pyrrole nitrogens is 1. The molecule has 1 heterocycles. The lowest BCUT2D eigenvalue weighted by molar-refractivity contribution is -0.143. The summed E-state index contributed by atoms with van der Waals surface area (Å²) in [4.78, 5) is 66.5. The Morgan fingerprint density at radius 3 is 2.07 bits per heavy atom. The van der Waals surface area contributed by atoms with Crippen molar-refractivity contribution in [2.24, 2.45) is 17.4 Å². The second-order valence-corrected chi connectivity index (χ2v) is 11.0. The van der Waals surface area contributed by atoms with Crippen molar-refractivity contribution in [2.75, 3.05) is 0 Å². The van der Waals surface area contributed by atoms with E-state index < -0.39 is 53.8 Å². The van der Waals surface area contributed by atoms with Gasteiger partial charge in [0.05, 0.1) is 6.04 Å². The van der Waals surface area contributed by atoms with Crippen LogP contribution in [0.1, 0.15) is 44.2 Å². The molecule has 9 N–H and O–H groups in total. The predicted molar refractivity (Wildman–Crippen MR) is 161 cm³/mol. The van der Waals surface area contributed by atoms with Crippen LogP contribution in [0.5, 0.6) is 0 Å². The summed E-state index contributed by atoms with van der Waals surface area (Å²) in [6, 6.07) is 12.1. The number of hydrogen-bond donors (Lipinski definition) is 7. The first-order valence-electron chi connectivity index (χ1n) is 14.2. The summed E-state index contributed by atoms with van der Waals surface area (Å²) in [5.74, 6) is -3.99. The molecule has 3 rings (SSSR count). The molecule has 0 aliphatic carbocycles. The number of amides is 4. The molecule has 230 valence electrons. The Balaban J connectivity index is 1.84. The van der Waals surface area contributed by atoms with Crippen molar-refractivity contribution in [3.8, 4) is 0 Å². The van der Waals surface area contributed by atoms with Crippen molar-refractivity contribution in [1.29, 1.82) is 0 Å². The van der Waals surface area contributed by atoms with Crippen LogP contribution in [0.3, 0.4) is 0 Å². The van der Waals surface area contributed by atoms with Gasteiger partial charge in [0, 0.05) is 29.9 Å². The molecular weight excluding hydrogens is 552 g/mol. The highest BCUT2D eigenvalue weighted by Crippen LogP contribution is 2.19. The lowest BCUT2D eigenvalue weighted by Crippen LogP contribution is -2.58. The maximum atomic E-state index is 13.7. The van der Waals surface area contributed by atoms with Gasteiger partial charge in [-0.3, -0.25) is 19.2 Å². The average molecular weight is 593 g/mol. The molecular formula is C31H40N6O6. The number of aromatic amines is 1. The summed E-state index contributed by atoms with van der Waals surface area (Å²) in [6.07, 6.45) is 1.81. The topological polar surface area (TPSA) is 209 Å². The number of carbonyl (C=O) groups is 5. The fraction of sp³-hybridized carbons (Fsp3) is 0.387. The number of nitrogens with two attached hydrogens (primary N) is 2. The van der Waals surface area contributed by atoms with Gasteiger partial charge in [-0.15, -0.1) is 0 Å². The fourth-order valence-electron chi connectivity index (χ4n) is 4.76. The van der Waals surface area contributed by atoms with E-state index in [2.05, 4.69) is 20.9 Å². The standard InChI is InChI=1S/C31H40N6O6/c1-18(2)14-26(31(42)43)37-29(40)24(12-13-27(33)38)35-30(41)25(16-20-17-34-23-11-7-6-10-21(20)23)36-28(39)22(32)15-19-8-4-3-5-9-19/h3-11,17-18,22,24-26,34H,12-16,32H2,1-2H3,(H2,33,38)(H,35,41)(H,36,39)(H,37,40)(H,42,43). The molecule has 3 aromatic rings. The zero-order valence-corrected chi connectivity index (χ0v) is 24.3. The first-order chi connectivity index (χ1) is 20.4. The minimum absolute atomic E-state index is 0.0316. The summed E-state index contributed by atoms with van der Waals surface area (Å²) in [5.41, 5.74) is 13.9. The van der Waals surface area contributed by atoms with E-state index in [-0.39, 0.29) is 38.0 Å². The highest BCUT2D eigenvalue weighted by atomic mass is 16.4. The predicted octanol–water partition coefficient (Wildman–Crippen LogP) is 1.13. The zero-order chi connectivity index (χ0) is 31.5. The van der Waals surface area contributed by atoms with Crippen LogP contribution < -0.4 is 27.4 Å². The summed E-state index contributed by atoms with van der Waals surface area (Å²) < 4.78 is 0. The monoisotopic (exact) mass is 592 g/mol. The van der Waals surface area contributed by atoms with Crippen LogP contribution in [0.15, 0.2) is 60.8 Å². The minimum Gasteiger partial charge on any atom is -0.480 e. The summed E-state index contributed by atoms with van der Waals surface area (Å²) in [6.45, 7) is 3.63. The maximum Gasteiger partial charge on any atom is 0.326 e. The van der Waals surface area contributed by atoms with Crippen molar-refractivity contribution in [3.05, 3.63) is 71.9 Å². The molecule has 43 heavy (non-hydrogen) atoms. The van der Waals surface area contributed by atoms with Crippen LogP contribution in [-0.2, 0) is 36.8 Å². The third-order valence-corrected chi connectivity index (χ3v) is 7.00. The Morgan fingerprint density at radius 1 is 0.814 bits per heavy atom. The van der Waals surface area contributed by atoms with Gasteiger partial charge in [0.15, 0.2) is 0 Å². The number of para-hydroxylation sites is 1. The molecule has 12 nitrogen and oxygen atoms in total. The Kier molecular flexibility index (Phi) is 11.8. The van der Waals surface area contributed by atoms with Gasteiger partial charge in [-0.25, -0.2) is 4.79 Å². The number of benzene rings is 2. The molecule has 0 radical (unpaired) electrons. The summed E-state index contributed by atoms with van der Waals surface area (Å²) in [5, 5.41) is 18.2. The molecule has 1 aromatic heterocycles. The smallest absolute Gasteiger partial charge is 0.326 e. The second kappa shape index (κ2) is 15.5. The molecule has 0 aliphatic rings. The molecule has 0 saturated heterocycles. The highest BCUT2D eigenvalue weighted by Gasteiger charge is 2.31. The van der Waals surface area contributed by atoms with Crippen molar-refractivity contribution in [1.82, 2.24) is 20.9 Å². The number of carboxylic acid groups (broad SMARTS) is 1. The number of carboxylic acids is 1. The molecule has 4 unspecified atom stereocenters. The minimum atomic E-state index is -1.28. The lowest BCUT2D eigenvalue weighted by atomic mass is 10.0. The zero-order valence-electron chi connectivity index (χ0n) is 24.3. The first kappa shape index (κ1) is 32.8. The molecule has 0 saturated carbocycles. The quantitative estimate of drug-likeness (QED) is 0.129. The Bertz CT molecular complexity index is 1420. The van der Waals surface area contributed by atoms with E-state index in [1.54, 1.807) is 6.20 Å². The number of carbonyl (C=O) groups excluding carboxylic acids is 4. The summed E-state index contributed by atoms with van der Waals surface area (Å²) in [7, 11) is 0. The molecule has 2 aromatic carbocycles. The SMILES string of the molecule is CC(C)CC(NC(=O)C(CCC(N)=O)NC(=O)C(Cc1c[nH]c2ccccc12)NC(=O)C(N)Cc1ccccc1)C(=O)O. The van der Waals surface area contributed by atoms with Gasteiger partial charge in [-0.1, -0.05) is 62.4 Å². The maximum absolute atomic E-state index is 13.7. The number of hydrogen-bond acceptors (Lipinski definition) is 6. The van der Waals surface area contributed by atoms with Gasteiger partial charge in [0.25, 0.3) is 0 Å². The van der Waals surface area contributed by atoms with E-state index >= 15 is 0 Å². The van der Waals surface area contributed by atoms with Crippen LogP contribution in [0.25, 0.3) is 10.9 Å². The Labute approximate surface area is 250 Å². The molecule has 0 bridgehead atoms. The third-order valence-electron chi connectivity index (χ3n) is 7.00. The number of nitrogens with one attached hydrogen (secondary N) is 4. The molecule has 4 amide bonds. The van der Waals surface area contributed by atoms with Gasteiger partial charge in [-0.05, 0) is 42.4 Å². The van der Waals surface area contributed by atoms with Crippen molar-refractivity contribution in [3.63, 3.8) is 0 Å². The van der Waals surface area contributed by atoms with Gasteiger partial charge in [0.1, 0.15) is 18.1 Å². The van der Waals surface area contributed by atoms with E-state index in [0.717, 1.165) is 22.0 Å². The number of fused-ring (bicyclic) bond motifs is 1. The number of primary amides is 1. The van der Waals surface area contributed by atoms with Crippen LogP contribution in [-0.4, -0.2) is 63.9 Å². The average Bonchev–Trinajstić information content (AvgIpc) is 3.37. The molecule has 4 atom stereocenters. The van der Waals surface area contributed by atoms with Gasteiger partial charge in [-0.2, -0.15) is 0 Å². The van der Waals surface area contributed by atoms with E-state index in [0.29, 0.717) is 0 Å². The van der Waals surface area contributed by atoms with E-state index in [1.165, 1.54) is 0 Å². The largest absolute Gasteiger partial charge is 0.480 e. The molecule has 0 spiro atoms. The number of aromatic nitrogens is 1. The van der Waals surface area contributed by atoms with Gasteiger partial charge in [0.2, 0.25) is 23.6 Å². The van der Waals surface area contributed by atoms with Crippen LogP contribution in [0.2, 0.25) is 0 Å². The van der Waals surface area contributed by atoms with Gasteiger partial charge < -0.3 is 37.5 Å². The third kappa shape index (κ3) is 9.96. The Hall–Kier alpha value is -4.71. The number of rotatable bonds is 16. The van der Waals surface area contributed by atoms with Gasteiger partial charge >= 0.3 is 5.97 Å². The molecule has 0 fully saturated rings. The van der Waals surface area contributed by atoms with Crippen molar-refractivity contribution >= 4 is 40.5 Å². The van der Waals surface area contributed by atoms with Crippen LogP contribution >= 0.6 is 0 Å². The second-order valence-electron chi connectivity index (χ2n) is 11.0. The summed E-state index contributed by atoms with van der Waals surface area (Å²) >= 11 is 0. The van der Waals surface area contributed by atoms with Crippen LogP contribution in [0, 0.1) is 5.92 Å². The van der Waals surface area contributed by atoms with E-state index in [9.17, 15) is 29.1 Å². The van der Waals surface area contributed by atoms with E-state index in [4.69, 9.17) is 11.5 Å². The Morgan fingerprint density at radius 2 is 1.42 bits per heavy atom. The number of aliphatic carboxylic acids is 1. The van der Waals surface area contributed by atoms with Crippen molar-refractivity contribution < 1.29 is 29.1 Å². The highest BCUT2D eigenvalue weighted by molar-refractivity contribution is 5.95. The van der Waals surface area contributed by atoms with Crippen molar-refractivity contribution in [2.45, 2.75) is 70.1 Å².